The van der Waals surface area contributed by atoms with Crippen LogP contribution >= 0.6 is 0 Å². The average molecular weight is 396 g/mol. The van der Waals surface area contributed by atoms with Crippen molar-refractivity contribution in [3.63, 3.8) is 0 Å². The first-order chi connectivity index (χ1) is 13.9. The first-order valence-corrected chi connectivity index (χ1v) is 9.09. The molecule has 0 spiro atoms. The van der Waals surface area contributed by atoms with E-state index in [1.54, 1.807) is 32.3 Å². The topological polar surface area (TPSA) is 127 Å². The van der Waals surface area contributed by atoms with Crippen LogP contribution in [0.2, 0.25) is 0 Å². The summed E-state index contributed by atoms with van der Waals surface area (Å²) in [6, 6.07) is 12.0. The van der Waals surface area contributed by atoms with Gasteiger partial charge in [-0.05, 0) is 24.6 Å². The molecule has 0 radical (unpaired) electrons. The highest BCUT2D eigenvalue weighted by Crippen LogP contribution is 2.29. The summed E-state index contributed by atoms with van der Waals surface area (Å²) in [6.07, 6.45) is 2.28. The number of amides is 2. The van der Waals surface area contributed by atoms with Gasteiger partial charge >= 0.3 is 0 Å². The van der Waals surface area contributed by atoms with E-state index in [0.717, 1.165) is 5.56 Å². The second kappa shape index (κ2) is 8.61. The lowest BCUT2D eigenvalue weighted by Gasteiger charge is -2.23. The molecule has 0 unspecified atom stereocenters. The number of aromatic nitrogens is 1. The quantitative estimate of drug-likeness (QED) is 0.381. The van der Waals surface area contributed by atoms with E-state index in [1.807, 2.05) is 30.3 Å². The molecule has 2 amide bonds. The molecule has 2 heterocycles. The molecule has 9 nitrogen and oxygen atoms in total. The van der Waals surface area contributed by atoms with Crippen molar-refractivity contribution in [2.45, 2.75) is 25.6 Å². The number of ether oxygens (including phenoxy) is 1. The van der Waals surface area contributed by atoms with Crippen molar-refractivity contribution in [2.75, 3.05) is 11.9 Å². The zero-order valence-electron chi connectivity index (χ0n) is 16.3. The second-order valence-corrected chi connectivity index (χ2v) is 6.74. The summed E-state index contributed by atoms with van der Waals surface area (Å²) < 4.78 is 5.82. The number of carbonyl (C=O) groups excluding carboxylic acids is 2. The summed E-state index contributed by atoms with van der Waals surface area (Å²) in [7, 11) is 1.58. The lowest BCUT2D eigenvalue weighted by molar-refractivity contribution is -0.127. The summed E-state index contributed by atoms with van der Waals surface area (Å²) in [5.41, 5.74) is 6.73. The van der Waals surface area contributed by atoms with Gasteiger partial charge in [-0.25, -0.2) is 10.8 Å². The van der Waals surface area contributed by atoms with Crippen LogP contribution in [0.3, 0.4) is 0 Å². The fourth-order valence-electron chi connectivity index (χ4n) is 2.99. The number of hydrogen-bond donors (Lipinski definition) is 3. The van der Waals surface area contributed by atoms with Crippen LogP contribution in [-0.4, -0.2) is 41.0 Å². The normalized spacial score (nSPS) is 19.1. The molecule has 152 valence electrons. The number of anilines is 1. The molecule has 5 N–H and O–H groups in total. The maximum Gasteiger partial charge on any atom is 0.269 e. The van der Waals surface area contributed by atoms with E-state index >= 15 is 0 Å². The Morgan fingerprint density at radius 1 is 1.31 bits per heavy atom. The molecular formula is C20H24N6O3. The lowest BCUT2D eigenvalue weighted by Crippen LogP contribution is -2.54. The summed E-state index contributed by atoms with van der Waals surface area (Å²) in [5.74, 6) is 5.81. The molecule has 2 aromatic rings. The first kappa shape index (κ1) is 20.2. The van der Waals surface area contributed by atoms with Gasteiger partial charge in [0.25, 0.3) is 11.8 Å². The molecule has 0 aliphatic carbocycles. The number of nitrogens with two attached hydrogens (primary N) is 2. The Bertz CT molecular complexity index is 917. The van der Waals surface area contributed by atoms with Gasteiger partial charge in [0, 0.05) is 19.4 Å². The molecule has 0 saturated carbocycles. The Balaban J connectivity index is 1.69. The van der Waals surface area contributed by atoms with E-state index in [1.165, 1.54) is 16.1 Å². The average Bonchev–Trinajstić information content (AvgIpc) is 2.79. The maximum absolute atomic E-state index is 12.8. The van der Waals surface area contributed by atoms with Crippen LogP contribution in [-0.2, 0) is 16.1 Å². The highest BCUT2D eigenvalue weighted by atomic mass is 16.5. The molecule has 1 aliphatic heterocycles. The predicted molar refractivity (Wildman–Crippen MR) is 108 cm³/mol. The largest absolute Gasteiger partial charge is 0.484 e. The van der Waals surface area contributed by atoms with Gasteiger partial charge < -0.3 is 20.8 Å². The first-order valence-electron chi connectivity index (χ1n) is 9.09. The van der Waals surface area contributed by atoms with Crippen LogP contribution in [0.25, 0.3) is 0 Å². The smallest absolute Gasteiger partial charge is 0.269 e. The molecule has 1 aliphatic rings. The number of likely N-dealkylation sites (N-methyl/N-ethyl adjacent to an activating group) is 1. The molecule has 0 bridgehead atoms. The van der Waals surface area contributed by atoms with Crippen LogP contribution in [0.1, 0.15) is 12.5 Å². The van der Waals surface area contributed by atoms with Crippen molar-refractivity contribution < 1.29 is 14.3 Å². The maximum atomic E-state index is 12.8. The number of rotatable bonds is 5. The number of benzene rings is 1. The highest BCUT2D eigenvalue weighted by Gasteiger charge is 2.36. The van der Waals surface area contributed by atoms with Gasteiger partial charge in [-0.15, -0.1) is 0 Å². The molecule has 29 heavy (non-hydrogen) atoms. The van der Waals surface area contributed by atoms with Crippen LogP contribution in [0.15, 0.2) is 60.6 Å². The van der Waals surface area contributed by atoms with E-state index in [-0.39, 0.29) is 11.6 Å². The van der Waals surface area contributed by atoms with Gasteiger partial charge in [-0.1, -0.05) is 30.3 Å². The number of carbonyl (C=O) groups is 2. The van der Waals surface area contributed by atoms with E-state index in [9.17, 15) is 9.59 Å². The van der Waals surface area contributed by atoms with Crippen LogP contribution in [0.4, 0.5) is 5.82 Å². The van der Waals surface area contributed by atoms with Crippen molar-refractivity contribution in [3.05, 3.63) is 66.1 Å². The van der Waals surface area contributed by atoms with Gasteiger partial charge in [-0.3, -0.25) is 14.5 Å². The van der Waals surface area contributed by atoms with Crippen LogP contribution in [0.5, 0.6) is 5.75 Å². The van der Waals surface area contributed by atoms with E-state index in [0.29, 0.717) is 18.1 Å². The third-order valence-electron chi connectivity index (χ3n) is 4.51. The zero-order valence-corrected chi connectivity index (χ0v) is 16.3. The molecule has 1 aromatic carbocycles. The van der Waals surface area contributed by atoms with E-state index in [4.69, 9.17) is 16.3 Å². The predicted octanol–water partition coefficient (Wildman–Crippen LogP) is 0.486. The minimum atomic E-state index is -0.936. The zero-order chi connectivity index (χ0) is 21.0. The Kier molecular flexibility index (Phi) is 5.99. The van der Waals surface area contributed by atoms with Gasteiger partial charge in [0.05, 0.1) is 6.54 Å². The van der Waals surface area contributed by atoms with E-state index < -0.39 is 18.1 Å². The fourth-order valence-corrected chi connectivity index (χ4v) is 2.99. The summed E-state index contributed by atoms with van der Waals surface area (Å²) in [4.78, 5) is 30.9. The van der Waals surface area contributed by atoms with Crippen LogP contribution < -0.4 is 26.5 Å². The fraction of sp³-hybridized carbons (Fsp3) is 0.250. The van der Waals surface area contributed by atoms with Gasteiger partial charge in [0.2, 0.25) is 0 Å². The number of nitrogens with zero attached hydrogens (tertiary/aromatic N) is 3. The van der Waals surface area contributed by atoms with E-state index in [2.05, 4.69) is 10.3 Å². The molecular weight excluding hydrogens is 372 g/mol. The molecule has 0 saturated heterocycles. The standard InChI is InChI=1S/C20H24N6O3/c1-13-17(20(28)25(2)18-16(29-13)9-6-10-23-18)24-19(27)15(21)12-26(22)11-14-7-4-3-5-8-14/h3-10,12-13,17H,11,21-22H2,1-2H3,(H,24,27)/b15-12-/t13-,17+/m1/s1. The van der Waals surface area contributed by atoms with Gasteiger partial charge in [0.15, 0.2) is 11.6 Å². The molecule has 1 aromatic heterocycles. The van der Waals surface area contributed by atoms with Crippen LogP contribution in [0, 0.1) is 0 Å². The number of pyridine rings is 1. The number of nitrogens with one attached hydrogen (secondary N) is 1. The third kappa shape index (κ3) is 4.64. The Labute approximate surface area is 168 Å². The number of hydrazine groups is 1. The van der Waals surface area contributed by atoms with Crippen molar-refractivity contribution in [3.8, 4) is 5.75 Å². The molecule has 2 atom stereocenters. The summed E-state index contributed by atoms with van der Waals surface area (Å²) >= 11 is 0. The number of fused-ring (bicyclic) bond motifs is 1. The van der Waals surface area contributed by atoms with Crippen molar-refractivity contribution in [1.29, 1.82) is 0 Å². The van der Waals surface area contributed by atoms with Gasteiger partial charge in [0.1, 0.15) is 17.8 Å². The number of hydrogen-bond acceptors (Lipinski definition) is 7. The third-order valence-corrected chi connectivity index (χ3v) is 4.51. The minimum Gasteiger partial charge on any atom is -0.484 e. The monoisotopic (exact) mass is 396 g/mol. The van der Waals surface area contributed by atoms with Crippen molar-refractivity contribution in [1.82, 2.24) is 15.3 Å². The second-order valence-electron chi connectivity index (χ2n) is 6.74. The van der Waals surface area contributed by atoms with Crippen molar-refractivity contribution >= 4 is 17.6 Å². The Morgan fingerprint density at radius 2 is 2.03 bits per heavy atom. The lowest BCUT2D eigenvalue weighted by atomic mass is 10.1. The Morgan fingerprint density at radius 3 is 2.76 bits per heavy atom. The minimum absolute atomic E-state index is 0.119. The van der Waals surface area contributed by atoms with Gasteiger partial charge in [-0.2, -0.15) is 0 Å². The molecule has 3 rings (SSSR count). The molecule has 9 heteroatoms. The van der Waals surface area contributed by atoms with Crippen molar-refractivity contribution in [2.24, 2.45) is 11.6 Å². The molecule has 0 fully saturated rings. The Hall–Kier alpha value is -3.59. The summed E-state index contributed by atoms with van der Waals surface area (Å²) in [6.45, 7) is 2.07. The SMILES string of the molecule is C[C@H]1Oc2cccnc2N(C)C(=O)[C@H]1NC(=O)/C(N)=C/N(N)Cc1ccccc1. The summed E-state index contributed by atoms with van der Waals surface area (Å²) in [5, 5.41) is 3.94. The highest BCUT2D eigenvalue weighted by molar-refractivity contribution is 6.02.